The largest absolute Gasteiger partial charge is 0.513 e. The molecule has 0 aliphatic rings. The lowest BCUT2D eigenvalue weighted by Gasteiger charge is -2.20. The van der Waals surface area contributed by atoms with Crippen molar-refractivity contribution in [3.05, 3.63) is 48.0 Å². The third kappa shape index (κ3) is 9.03. The predicted octanol–water partition coefficient (Wildman–Crippen LogP) is 8.48. The smallest absolute Gasteiger partial charge is 0.494 e. The number of alkyl halides is 3. The van der Waals surface area contributed by atoms with Gasteiger partial charge in [-0.15, -0.1) is 0 Å². The molecule has 0 radical (unpaired) electrons. The molecule has 4 nitrogen and oxygen atoms in total. The van der Waals surface area contributed by atoms with Gasteiger partial charge in [0.2, 0.25) is 5.82 Å². The van der Waals surface area contributed by atoms with Gasteiger partial charge >= 0.3 is 12.3 Å². The summed E-state index contributed by atoms with van der Waals surface area (Å²) in [5.41, 5.74) is 0.331. The molecular weight excluding hydrogens is 471 g/mol. The third-order valence-electron chi connectivity index (χ3n) is 5.43. The second-order valence-corrected chi connectivity index (χ2v) is 8.19. The van der Waals surface area contributed by atoms with Crippen LogP contribution in [0.1, 0.15) is 58.8 Å². The normalized spacial score (nSPS) is 12.3. The topological polar surface area (TPSA) is 44.8 Å². The van der Waals surface area contributed by atoms with Crippen molar-refractivity contribution in [2.75, 3.05) is 13.2 Å². The van der Waals surface area contributed by atoms with Gasteiger partial charge in [-0.1, -0.05) is 51.7 Å². The Morgan fingerprint density at radius 2 is 1.57 bits per heavy atom. The van der Waals surface area contributed by atoms with Crippen LogP contribution in [0.4, 0.5) is 26.7 Å². The quantitative estimate of drug-likeness (QED) is 0.119. The van der Waals surface area contributed by atoms with Gasteiger partial charge < -0.3 is 14.2 Å². The summed E-state index contributed by atoms with van der Waals surface area (Å²) in [6.45, 7) is 3.90. The summed E-state index contributed by atoms with van der Waals surface area (Å²) in [6.07, 6.45) is -2.60. The van der Waals surface area contributed by atoms with Crippen LogP contribution in [0.25, 0.3) is 11.1 Å². The van der Waals surface area contributed by atoms with Gasteiger partial charge in [-0.3, -0.25) is 0 Å². The van der Waals surface area contributed by atoms with Crippen molar-refractivity contribution in [2.24, 2.45) is 5.92 Å². The highest BCUT2D eigenvalue weighted by Crippen LogP contribution is 2.34. The lowest BCUT2D eigenvalue weighted by atomic mass is 9.97. The molecule has 2 rings (SSSR count). The molecule has 0 heterocycles. The molecule has 0 saturated carbocycles. The Balaban J connectivity index is 1.94. The summed E-state index contributed by atoms with van der Waals surface area (Å²) < 4.78 is 83.5. The summed E-state index contributed by atoms with van der Waals surface area (Å²) in [5, 5.41) is 0. The van der Waals surface area contributed by atoms with Crippen LogP contribution in [0.3, 0.4) is 0 Å². The highest BCUT2D eigenvalue weighted by molar-refractivity contribution is 5.68. The van der Waals surface area contributed by atoms with E-state index in [9.17, 15) is 26.7 Å². The van der Waals surface area contributed by atoms with Gasteiger partial charge in [0.15, 0.2) is 11.6 Å². The lowest BCUT2D eigenvalue weighted by molar-refractivity contribution is -0.180. The van der Waals surface area contributed by atoms with E-state index in [1.807, 2.05) is 13.8 Å². The van der Waals surface area contributed by atoms with Crippen molar-refractivity contribution < 1.29 is 41.0 Å². The van der Waals surface area contributed by atoms with Crippen LogP contribution in [0, 0.1) is 17.6 Å². The van der Waals surface area contributed by atoms with Crippen LogP contribution in [0.5, 0.6) is 11.5 Å². The molecule has 0 amide bonds. The Labute approximate surface area is 202 Å². The van der Waals surface area contributed by atoms with Gasteiger partial charge in [-0.25, -0.2) is 9.18 Å². The first kappa shape index (κ1) is 28.4. The Morgan fingerprint density at radius 3 is 2.20 bits per heavy atom. The molecule has 0 N–H and O–H groups in total. The van der Waals surface area contributed by atoms with Crippen LogP contribution in [-0.2, 0) is 4.74 Å². The minimum absolute atomic E-state index is 0.0543. The number of hydrogen-bond donors (Lipinski definition) is 0. The average molecular weight is 503 g/mol. The van der Waals surface area contributed by atoms with Gasteiger partial charge in [-0.2, -0.15) is 17.6 Å². The second-order valence-electron chi connectivity index (χ2n) is 8.19. The molecule has 0 bridgehead atoms. The fraction of sp³-hybridized carbons (Fsp3) is 0.500. The van der Waals surface area contributed by atoms with E-state index in [-0.39, 0.29) is 12.0 Å². The number of halogens is 5. The number of carbonyl (C=O) groups is 1. The molecule has 0 fully saturated rings. The molecule has 0 aliphatic heterocycles. The van der Waals surface area contributed by atoms with E-state index in [4.69, 9.17) is 9.47 Å². The number of hydrogen-bond acceptors (Lipinski definition) is 4. The zero-order valence-electron chi connectivity index (χ0n) is 19.9. The fourth-order valence-electron chi connectivity index (χ4n) is 3.48. The maximum absolute atomic E-state index is 14.6. The van der Waals surface area contributed by atoms with Crippen LogP contribution >= 0.6 is 0 Å². The van der Waals surface area contributed by atoms with Gasteiger partial charge in [0, 0.05) is 5.56 Å². The molecule has 1 atom stereocenters. The van der Waals surface area contributed by atoms with Crippen molar-refractivity contribution in [3.63, 3.8) is 0 Å². The zero-order chi connectivity index (χ0) is 25.8. The second kappa shape index (κ2) is 13.9. The maximum Gasteiger partial charge on any atom is 0.513 e. The van der Waals surface area contributed by atoms with Crippen molar-refractivity contribution >= 4 is 6.16 Å². The van der Waals surface area contributed by atoms with Gasteiger partial charge in [-0.05, 0) is 49.1 Å². The molecule has 194 valence electrons. The molecule has 2 aromatic rings. The van der Waals surface area contributed by atoms with Crippen LogP contribution in [0.15, 0.2) is 36.4 Å². The zero-order valence-corrected chi connectivity index (χ0v) is 19.9. The molecule has 35 heavy (non-hydrogen) atoms. The van der Waals surface area contributed by atoms with Gasteiger partial charge in [0.1, 0.15) is 5.75 Å². The summed E-state index contributed by atoms with van der Waals surface area (Å²) in [7, 11) is 0. The van der Waals surface area contributed by atoms with Crippen LogP contribution in [0.2, 0.25) is 0 Å². The third-order valence-corrected chi connectivity index (χ3v) is 5.43. The molecule has 2 aromatic carbocycles. The maximum atomic E-state index is 14.6. The van der Waals surface area contributed by atoms with Gasteiger partial charge in [0.05, 0.1) is 19.1 Å². The van der Waals surface area contributed by atoms with E-state index in [2.05, 4.69) is 4.74 Å². The Bertz CT molecular complexity index is 929. The summed E-state index contributed by atoms with van der Waals surface area (Å²) in [4.78, 5) is 11.9. The average Bonchev–Trinajstić information content (AvgIpc) is 2.82. The summed E-state index contributed by atoms with van der Waals surface area (Å²) in [5.74, 6) is -4.38. The molecule has 0 aromatic heterocycles. The Kier molecular flexibility index (Phi) is 11.3. The number of benzene rings is 2. The summed E-state index contributed by atoms with van der Waals surface area (Å²) in [6, 6.07) is 8.68. The molecule has 0 spiro atoms. The Morgan fingerprint density at radius 1 is 0.857 bits per heavy atom. The number of ether oxygens (including phenoxy) is 3. The number of unbranched alkanes of at least 4 members (excludes halogenated alkanes) is 3. The van der Waals surface area contributed by atoms with Crippen LogP contribution < -0.4 is 9.47 Å². The van der Waals surface area contributed by atoms with Crippen LogP contribution in [-0.4, -0.2) is 25.5 Å². The van der Waals surface area contributed by atoms with Crippen molar-refractivity contribution in [3.8, 4) is 22.6 Å². The van der Waals surface area contributed by atoms with E-state index in [1.54, 1.807) is 24.3 Å². The minimum atomic E-state index is -4.41. The van der Waals surface area contributed by atoms with Gasteiger partial charge in [0.25, 0.3) is 0 Å². The fourth-order valence-corrected chi connectivity index (χ4v) is 3.48. The Hall–Kier alpha value is -2.84. The lowest BCUT2D eigenvalue weighted by Crippen LogP contribution is -2.25. The van der Waals surface area contributed by atoms with E-state index in [0.29, 0.717) is 30.8 Å². The predicted molar refractivity (Wildman–Crippen MR) is 122 cm³/mol. The highest BCUT2D eigenvalue weighted by Gasteiger charge is 2.38. The van der Waals surface area contributed by atoms with Crippen molar-refractivity contribution in [1.29, 1.82) is 0 Å². The standard InChI is InChI=1S/C26H31F5O4/c1-3-5-6-7-8-19(26(29,30)31)15-17-34-25(32)35-22-14-13-21(23(27)24(22)28)18-9-11-20(12-10-18)33-16-4-2/h9-14,19H,3-8,15-17H2,1-2H3. The van der Waals surface area contributed by atoms with Crippen molar-refractivity contribution in [1.82, 2.24) is 0 Å². The SMILES string of the molecule is CCCCCCC(CCOC(=O)Oc1ccc(-c2ccc(OCCC)cc2)c(F)c1F)C(F)(F)F. The van der Waals surface area contributed by atoms with E-state index >= 15 is 0 Å². The molecule has 0 aliphatic carbocycles. The molecular formula is C26H31F5O4. The molecule has 9 heteroatoms. The first-order valence-electron chi connectivity index (χ1n) is 11.8. The number of carbonyl (C=O) groups excluding carboxylic acids is 1. The monoisotopic (exact) mass is 502 g/mol. The number of rotatable bonds is 13. The van der Waals surface area contributed by atoms with E-state index in [0.717, 1.165) is 25.3 Å². The van der Waals surface area contributed by atoms with Crippen molar-refractivity contribution in [2.45, 2.75) is 65.0 Å². The molecule has 0 saturated heterocycles. The van der Waals surface area contributed by atoms with E-state index in [1.165, 1.54) is 6.07 Å². The first-order valence-corrected chi connectivity index (χ1v) is 11.8. The van der Waals surface area contributed by atoms with E-state index < -0.39 is 48.7 Å². The first-order chi connectivity index (χ1) is 16.7. The summed E-state index contributed by atoms with van der Waals surface area (Å²) >= 11 is 0. The molecule has 1 unspecified atom stereocenters. The highest BCUT2D eigenvalue weighted by atomic mass is 19.4. The minimum Gasteiger partial charge on any atom is -0.494 e.